The van der Waals surface area contributed by atoms with Crippen molar-refractivity contribution in [2.24, 2.45) is 0 Å². The van der Waals surface area contributed by atoms with Crippen LogP contribution in [0.4, 0.5) is 17.3 Å². The molecule has 0 aliphatic rings. The maximum absolute atomic E-state index is 12.1. The monoisotopic (exact) mass is 398 g/mol. The highest BCUT2D eigenvalue weighted by molar-refractivity contribution is 6.30. The van der Waals surface area contributed by atoms with Gasteiger partial charge in [-0.05, 0) is 30.3 Å². The van der Waals surface area contributed by atoms with E-state index >= 15 is 0 Å². The second-order valence-electron chi connectivity index (χ2n) is 5.39. The topological polar surface area (TPSA) is 147 Å². The van der Waals surface area contributed by atoms with Gasteiger partial charge in [0.15, 0.2) is 11.6 Å². The molecule has 2 amide bonds. The number of pyridine rings is 1. The first-order chi connectivity index (χ1) is 13.5. The van der Waals surface area contributed by atoms with Crippen LogP contribution in [0.3, 0.4) is 0 Å². The second-order valence-corrected chi connectivity index (χ2v) is 5.83. The van der Waals surface area contributed by atoms with Gasteiger partial charge in [-0.15, -0.1) is 0 Å². The fourth-order valence-corrected chi connectivity index (χ4v) is 2.29. The number of nitrogens with zero attached hydrogens (tertiary/aromatic N) is 3. The van der Waals surface area contributed by atoms with Gasteiger partial charge in [-0.25, -0.2) is 9.97 Å². The zero-order valence-corrected chi connectivity index (χ0v) is 15.1. The fourth-order valence-electron chi connectivity index (χ4n) is 2.10. The number of hydrogen-bond donors (Lipinski definition) is 5. The van der Waals surface area contributed by atoms with Crippen molar-refractivity contribution in [1.29, 1.82) is 0 Å². The van der Waals surface area contributed by atoms with Crippen molar-refractivity contribution in [2.45, 2.75) is 0 Å². The number of nitrogens with two attached hydrogens (primary N) is 1. The van der Waals surface area contributed by atoms with Crippen LogP contribution in [0.1, 0.15) is 20.7 Å². The molecule has 0 aliphatic carbocycles. The Hall–Kier alpha value is -3.92. The van der Waals surface area contributed by atoms with Crippen molar-refractivity contribution in [3.8, 4) is 0 Å². The van der Waals surface area contributed by atoms with Crippen molar-refractivity contribution < 1.29 is 9.59 Å². The fraction of sp³-hybridized carbons (Fsp3) is 0. The molecule has 0 aliphatic heterocycles. The molecular weight excluding hydrogens is 384 g/mol. The van der Waals surface area contributed by atoms with Crippen molar-refractivity contribution >= 4 is 40.7 Å². The van der Waals surface area contributed by atoms with Crippen molar-refractivity contribution in [3.05, 3.63) is 71.3 Å². The first-order valence-corrected chi connectivity index (χ1v) is 8.31. The number of halogens is 1. The van der Waals surface area contributed by atoms with Crippen LogP contribution in [0, 0.1) is 0 Å². The standard InChI is InChI=1S/C17H15ClN8O2/c18-12-5-1-3-10(7-12)16(27)25-23-14-13(19)15(22-9-21-14)24-26-17(28)11-4-2-6-20-8-11/h1-9H,19H2,(H,25,27)(H,26,28)(H2,21,22,23,24). The van der Waals surface area contributed by atoms with Crippen molar-refractivity contribution in [2.75, 3.05) is 16.6 Å². The smallest absolute Gasteiger partial charge is 0.271 e. The number of aromatic nitrogens is 3. The average molecular weight is 399 g/mol. The molecule has 6 N–H and O–H groups in total. The third-order valence-electron chi connectivity index (χ3n) is 3.48. The van der Waals surface area contributed by atoms with Gasteiger partial charge in [0.25, 0.3) is 11.8 Å². The Labute approximate surface area is 164 Å². The molecule has 0 atom stereocenters. The molecular formula is C17H15ClN8O2. The summed E-state index contributed by atoms with van der Waals surface area (Å²) in [7, 11) is 0. The van der Waals surface area contributed by atoms with E-state index in [9.17, 15) is 9.59 Å². The first-order valence-electron chi connectivity index (χ1n) is 7.93. The highest BCUT2D eigenvalue weighted by atomic mass is 35.5. The lowest BCUT2D eigenvalue weighted by atomic mass is 10.2. The minimum Gasteiger partial charge on any atom is -0.393 e. The third kappa shape index (κ3) is 4.62. The molecule has 0 saturated carbocycles. The summed E-state index contributed by atoms with van der Waals surface area (Å²) in [6, 6.07) is 9.68. The number of amides is 2. The van der Waals surface area contributed by atoms with Gasteiger partial charge in [0, 0.05) is 23.0 Å². The summed E-state index contributed by atoms with van der Waals surface area (Å²) in [5.41, 5.74) is 16.9. The normalized spacial score (nSPS) is 10.0. The lowest BCUT2D eigenvalue weighted by Gasteiger charge is -2.13. The number of rotatable bonds is 6. The number of carbonyl (C=O) groups excluding carboxylic acids is 2. The first kappa shape index (κ1) is 18.9. The third-order valence-corrected chi connectivity index (χ3v) is 3.72. The Morgan fingerprint density at radius 1 is 0.929 bits per heavy atom. The Balaban J connectivity index is 1.62. The van der Waals surface area contributed by atoms with E-state index in [0.717, 1.165) is 0 Å². The molecule has 3 rings (SSSR count). The summed E-state index contributed by atoms with van der Waals surface area (Å²) in [4.78, 5) is 36.0. The Morgan fingerprint density at radius 3 is 2.18 bits per heavy atom. The van der Waals surface area contributed by atoms with Crippen LogP contribution in [0.15, 0.2) is 55.1 Å². The van der Waals surface area contributed by atoms with E-state index in [2.05, 4.69) is 36.7 Å². The molecule has 28 heavy (non-hydrogen) atoms. The van der Waals surface area contributed by atoms with Gasteiger partial charge in [-0.2, -0.15) is 0 Å². The van der Waals surface area contributed by atoms with Gasteiger partial charge in [-0.1, -0.05) is 17.7 Å². The number of nitrogens with one attached hydrogen (secondary N) is 4. The quantitative estimate of drug-likeness (QED) is 0.393. The maximum Gasteiger partial charge on any atom is 0.271 e. The Kier molecular flexibility index (Phi) is 5.82. The predicted molar refractivity (Wildman–Crippen MR) is 104 cm³/mol. The van der Waals surface area contributed by atoms with Crippen LogP contribution in [-0.2, 0) is 0 Å². The van der Waals surface area contributed by atoms with Crippen LogP contribution >= 0.6 is 11.6 Å². The molecule has 1 aromatic carbocycles. The van der Waals surface area contributed by atoms with E-state index < -0.39 is 11.8 Å². The number of anilines is 3. The number of hydrazine groups is 2. The highest BCUT2D eigenvalue weighted by Gasteiger charge is 2.12. The van der Waals surface area contributed by atoms with Gasteiger partial charge in [-0.3, -0.25) is 36.3 Å². The SMILES string of the molecule is Nc1c(NNC(=O)c2cccnc2)ncnc1NNC(=O)c1cccc(Cl)c1. The van der Waals surface area contributed by atoms with E-state index in [1.54, 1.807) is 36.5 Å². The molecule has 0 unspecified atom stereocenters. The summed E-state index contributed by atoms with van der Waals surface area (Å²) in [5.74, 6) is -0.565. The van der Waals surface area contributed by atoms with Gasteiger partial charge < -0.3 is 5.73 Å². The van der Waals surface area contributed by atoms with Gasteiger partial charge in [0.05, 0.1) is 5.56 Å². The lowest BCUT2D eigenvalue weighted by molar-refractivity contribution is 0.0954. The van der Waals surface area contributed by atoms with Gasteiger partial charge in [0.1, 0.15) is 12.0 Å². The van der Waals surface area contributed by atoms with Crippen LogP contribution in [0.2, 0.25) is 5.02 Å². The molecule has 0 fully saturated rings. The maximum atomic E-state index is 12.1. The molecule has 0 spiro atoms. The van der Waals surface area contributed by atoms with Crippen molar-refractivity contribution in [3.63, 3.8) is 0 Å². The van der Waals surface area contributed by atoms with Crippen LogP contribution in [-0.4, -0.2) is 26.8 Å². The number of benzene rings is 1. The van der Waals surface area contributed by atoms with Gasteiger partial charge >= 0.3 is 0 Å². The predicted octanol–water partition coefficient (Wildman–Crippen LogP) is 1.62. The Morgan fingerprint density at radius 2 is 1.57 bits per heavy atom. The van der Waals surface area contributed by atoms with E-state index in [-0.39, 0.29) is 17.3 Å². The van der Waals surface area contributed by atoms with Crippen LogP contribution in [0.5, 0.6) is 0 Å². The number of nitrogen functional groups attached to an aromatic ring is 1. The molecule has 10 nitrogen and oxygen atoms in total. The van der Waals surface area contributed by atoms with E-state index in [1.165, 1.54) is 18.6 Å². The largest absolute Gasteiger partial charge is 0.393 e. The summed E-state index contributed by atoms with van der Waals surface area (Å²) in [6.45, 7) is 0. The zero-order valence-electron chi connectivity index (χ0n) is 14.3. The second kappa shape index (κ2) is 8.64. The summed E-state index contributed by atoms with van der Waals surface area (Å²) < 4.78 is 0. The molecule has 0 bridgehead atoms. The van der Waals surface area contributed by atoms with Gasteiger partial charge in [0.2, 0.25) is 0 Å². The van der Waals surface area contributed by atoms with Crippen LogP contribution < -0.4 is 27.4 Å². The minimum absolute atomic E-state index is 0.0837. The minimum atomic E-state index is -0.431. The number of hydrogen-bond acceptors (Lipinski definition) is 8. The molecule has 0 radical (unpaired) electrons. The number of carbonyl (C=O) groups is 2. The van der Waals surface area contributed by atoms with Crippen molar-refractivity contribution in [1.82, 2.24) is 25.8 Å². The Bertz CT molecular complexity index is 999. The van der Waals surface area contributed by atoms with E-state index in [1.807, 2.05) is 0 Å². The molecule has 142 valence electrons. The lowest BCUT2D eigenvalue weighted by Crippen LogP contribution is -2.32. The molecule has 3 aromatic rings. The highest BCUT2D eigenvalue weighted by Crippen LogP contribution is 2.21. The summed E-state index contributed by atoms with van der Waals surface area (Å²) >= 11 is 5.87. The zero-order chi connectivity index (χ0) is 19.9. The summed E-state index contributed by atoms with van der Waals surface area (Å²) in [5, 5.41) is 0.435. The molecule has 2 aromatic heterocycles. The van der Waals surface area contributed by atoms with Crippen LogP contribution in [0.25, 0.3) is 0 Å². The van der Waals surface area contributed by atoms with E-state index in [0.29, 0.717) is 16.1 Å². The average Bonchev–Trinajstić information content (AvgIpc) is 2.72. The molecule has 0 saturated heterocycles. The molecule has 2 heterocycles. The summed E-state index contributed by atoms with van der Waals surface area (Å²) in [6.07, 6.45) is 4.18. The molecule has 11 heteroatoms. The van der Waals surface area contributed by atoms with E-state index in [4.69, 9.17) is 17.3 Å².